The average Bonchev–Trinajstić information content (AvgIpc) is 2.81. The number of hydrogen-bond donors (Lipinski definition) is 0. The number of pyridine rings is 1. The number of nitrogens with zero attached hydrogens (tertiary/aromatic N) is 5. The summed E-state index contributed by atoms with van der Waals surface area (Å²) in [5.41, 5.74) is 2.29. The number of amides is 1. The summed E-state index contributed by atoms with van der Waals surface area (Å²) < 4.78 is 6.43. The van der Waals surface area contributed by atoms with Crippen molar-refractivity contribution in [2.24, 2.45) is 0 Å². The minimum absolute atomic E-state index is 0.0692. The fraction of sp³-hybridized carbons (Fsp3) is 0.273. The highest BCUT2D eigenvalue weighted by atomic mass is 16.5. The Morgan fingerprint density at radius 2 is 1.67 bits per heavy atom. The molecule has 0 atom stereocenters. The van der Waals surface area contributed by atoms with Gasteiger partial charge in [-0.15, -0.1) is 0 Å². The van der Waals surface area contributed by atoms with E-state index in [0.29, 0.717) is 18.8 Å². The molecular weight excluding hydrogens is 382 g/mol. The topological polar surface area (TPSA) is 80.6 Å². The van der Waals surface area contributed by atoms with E-state index in [4.69, 9.17) is 4.74 Å². The number of carbonyl (C=O) groups excluding carboxylic acids is 1. The number of carbonyl (C=O) groups is 1. The van der Waals surface area contributed by atoms with Crippen LogP contribution in [0.25, 0.3) is 11.3 Å². The van der Waals surface area contributed by atoms with Crippen molar-refractivity contribution in [1.29, 1.82) is 0 Å². The van der Waals surface area contributed by atoms with Gasteiger partial charge in [-0.1, -0.05) is 0 Å². The summed E-state index contributed by atoms with van der Waals surface area (Å²) >= 11 is 0. The first-order valence-electron chi connectivity index (χ1n) is 9.79. The fourth-order valence-electron chi connectivity index (χ4n) is 3.47. The molecule has 0 aliphatic carbocycles. The van der Waals surface area contributed by atoms with Gasteiger partial charge in [0.15, 0.2) is 0 Å². The van der Waals surface area contributed by atoms with Gasteiger partial charge in [0.05, 0.1) is 12.8 Å². The van der Waals surface area contributed by atoms with Crippen LogP contribution in [0.5, 0.6) is 5.75 Å². The van der Waals surface area contributed by atoms with E-state index >= 15 is 0 Å². The van der Waals surface area contributed by atoms with Crippen LogP contribution in [0.2, 0.25) is 0 Å². The minimum Gasteiger partial charge on any atom is -0.497 e. The molecule has 8 nitrogen and oxygen atoms in total. The first-order chi connectivity index (χ1) is 14.6. The molecular formula is C22H23N5O3. The van der Waals surface area contributed by atoms with Crippen LogP contribution in [0.15, 0.2) is 65.7 Å². The zero-order valence-electron chi connectivity index (χ0n) is 16.8. The summed E-state index contributed by atoms with van der Waals surface area (Å²) in [6, 6.07) is 14.6. The Hall–Kier alpha value is -3.68. The van der Waals surface area contributed by atoms with Crippen molar-refractivity contribution in [3.05, 3.63) is 71.3 Å². The van der Waals surface area contributed by atoms with Crippen molar-refractivity contribution >= 4 is 11.6 Å². The molecule has 2 aromatic heterocycles. The lowest BCUT2D eigenvalue weighted by Gasteiger charge is -2.36. The van der Waals surface area contributed by atoms with Crippen LogP contribution < -0.4 is 15.2 Å². The third-order valence-electron chi connectivity index (χ3n) is 5.20. The standard InChI is InChI=1S/C22H23N5O3/c1-30-19-4-2-18(3-5-19)25-12-14-26(15-13-25)22(29)16-27-21(28)7-6-20(24-27)17-8-10-23-11-9-17/h2-11H,12-16H2,1H3. The molecule has 154 valence electrons. The maximum atomic E-state index is 12.8. The van der Waals surface area contributed by atoms with E-state index in [-0.39, 0.29) is 18.0 Å². The van der Waals surface area contributed by atoms with Crippen LogP contribution in [0.1, 0.15) is 0 Å². The Bertz CT molecular complexity index is 1060. The van der Waals surface area contributed by atoms with Gasteiger partial charge < -0.3 is 14.5 Å². The Balaban J connectivity index is 1.39. The van der Waals surface area contributed by atoms with Gasteiger partial charge in [0.25, 0.3) is 5.56 Å². The molecule has 1 aliphatic heterocycles. The molecule has 1 aliphatic rings. The molecule has 0 unspecified atom stereocenters. The summed E-state index contributed by atoms with van der Waals surface area (Å²) in [5, 5.41) is 4.36. The van der Waals surface area contributed by atoms with Crippen LogP contribution in [-0.4, -0.2) is 58.9 Å². The molecule has 4 rings (SSSR count). The zero-order valence-corrected chi connectivity index (χ0v) is 16.8. The first kappa shape index (κ1) is 19.6. The molecule has 30 heavy (non-hydrogen) atoms. The molecule has 3 heterocycles. The van der Waals surface area contributed by atoms with Crippen molar-refractivity contribution in [2.75, 3.05) is 38.2 Å². The van der Waals surface area contributed by atoms with E-state index in [0.717, 1.165) is 30.1 Å². The van der Waals surface area contributed by atoms with Crippen molar-refractivity contribution in [3.63, 3.8) is 0 Å². The van der Waals surface area contributed by atoms with Crippen LogP contribution in [0.3, 0.4) is 0 Å². The van der Waals surface area contributed by atoms with E-state index in [2.05, 4.69) is 15.0 Å². The molecule has 0 spiro atoms. The number of piperazine rings is 1. The smallest absolute Gasteiger partial charge is 0.267 e. The highest BCUT2D eigenvalue weighted by Crippen LogP contribution is 2.20. The lowest BCUT2D eigenvalue weighted by atomic mass is 10.2. The molecule has 1 aromatic carbocycles. The van der Waals surface area contributed by atoms with Crippen molar-refractivity contribution in [1.82, 2.24) is 19.7 Å². The fourth-order valence-corrected chi connectivity index (χ4v) is 3.47. The van der Waals surface area contributed by atoms with Gasteiger partial charge in [-0.3, -0.25) is 14.6 Å². The molecule has 0 saturated carbocycles. The van der Waals surface area contributed by atoms with Gasteiger partial charge in [0.2, 0.25) is 5.91 Å². The predicted octanol–water partition coefficient (Wildman–Crippen LogP) is 1.66. The van der Waals surface area contributed by atoms with Crippen molar-refractivity contribution in [3.8, 4) is 17.0 Å². The predicted molar refractivity (Wildman–Crippen MR) is 114 cm³/mol. The number of anilines is 1. The average molecular weight is 405 g/mol. The molecule has 3 aromatic rings. The van der Waals surface area contributed by atoms with Gasteiger partial charge in [-0.25, -0.2) is 4.68 Å². The van der Waals surface area contributed by atoms with Crippen molar-refractivity contribution < 1.29 is 9.53 Å². The Morgan fingerprint density at radius 3 is 2.33 bits per heavy atom. The maximum absolute atomic E-state index is 12.8. The van der Waals surface area contributed by atoms with Crippen LogP contribution in [-0.2, 0) is 11.3 Å². The lowest BCUT2D eigenvalue weighted by Crippen LogP contribution is -2.50. The normalized spacial score (nSPS) is 13.9. The summed E-state index contributed by atoms with van der Waals surface area (Å²) in [6.07, 6.45) is 3.33. The molecule has 0 radical (unpaired) electrons. The van der Waals surface area contributed by atoms with E-state index in [1.54, 1.807) is 30.5 Å². The van der Waals surface area contributed by atoms with Gasteiger partial charge in [-0.2, -0.15) is 5.10 Å². The van der Waals surface area contributed by atoms with Gasteiger partial charge in [0.1, 0.15) is 12.3 Å². The van der Waals surface area contributed by atoms with Gasteiger partial charge >= 0.3 is 0 Å². The number of ether oxygens (including phenoxy) is 1. The third-order valence-corrected chi connectivity index (χ3v) is 5.20. The lowest BCUT2D eigenvalue weighted by molar-refractivity contribution is -0.132. The number of benzene rings is 1. The summed E-state index contributed by atoms with van der Waals surface area (Å²) in [6.45, 7) is 2.60. The van der Waals surface area contributed by atoms with Crippen molar-refractivity contribution in [2.45, 2.75) is 6.54 Å². The number of rotatable bonds is 5. The van der Waals surface area contributed by atoms with Gasteiger partial charge in [0, 0.05) is 55.9 Å². The number of aromatic nitrogens is 3. The summed E-state index contributed by atoms with van der Waals surface area (Å²) in [4.78, 5) is 33.0. The number of methoxy groups -OCH3 is 1. The SMILES string of the molecule is COc1ccc(N2CCN(C(=O)Cn3nc(-c4ccncc4)ccc3=O)CC2)cc1. The first-order valence-corrected chi connectivity index (χ1v) is 9.79. The molecule has 1 saturated heterocycles. The van der Waals surface area contributed by atoms with E-state index in [1.807, 2.05) is 36.4 Å². The maximum Gasteiger partial charge on any atom is 0.267 e. The second-order valence-electron chi connectivity index (χ2n) is 7.02. The van der Waals surface area contributed by atoms with Crippen LogP contribution in [0, 0.1) is 0 Å². The van der Waals surface area contributed by atoms with E-state index in [1.165, 1.54) is 10.7 Å². The number of hydrogen-bond acceptors (Lipinski definition) is 6. The second kappa shape index (κ2) is 8.77. The van der Waals surface area contributed by atoms with E-state index < -0.39 is 0 Å². The molecule has 1 amide bonds. The molecule has 0 bridgehead atoms. The Labute approximate surface area is 174 Å². The minimum atomic E-state index is -0.293. The highest BCUT2D eigenvalue weighted by Gasteiger charge is 2.22. The molecule has 1 fully saturated rings. The molecule has 0 N–H and O–H groups in total. The zero-order chi connectivity index (χ0) is 20.9. The Morgan fingerprint density at radius 1 is 0.967 bits per heavy atom. The second-order valence-corrected chi connectivity index (χ2v) is 7.02. The third kappa shape index (κ3) is 4.32. The van der Waals surface area contributed by atoms with Gasteiger partial charge in [-0.05, 0) is 42.5 Å². The highest BCUT2D eigenvalue weighted by molar-refractivity contribution is 5.76. The summed E-state index contributed by atoms with van der Waals surface area (Å²) in [7, 11) is 1.65. The van der Waals surface area contributed by atoms with Crippen LogP contribution in [0.4, 0.5) is 5.69 Å². The molecule has 8 heteroatoms. The quantitative estimate of drug-likeness (QED) is 0.642. The monoisotopic (exact) mass is 405 g/mol. The largest absolute Gasteiger partial charge is 0.497 e. The Kier molecular flexibility index (Phi) is 5.74. The summed E-state index contributed by atoms with van der Waals surface area (Å²) in [5.74, 6) is 0.713. The van der Waals surface area contributed by atoms with E-state index in [9.17, 15) is 9.59 Å². The van der Waals surface area contributed by atoms with Crippen LogP contribution >= 0.6 is 0 Å².